The zero-order valence-electron chi connectivity index (χ0n) is 38.2. The van der Waals surface area contributed by atoms with Crippen LogP contribution in [0, 0.1) is 47.1 Å². The maximum Gasteiger partial charge on any atom is 0.194 e. The van der Waals surface area contributed by atoms with Gasteiger partial charge in [0.25, 0.3) is 0 Å². The molecule has 9 aromatic carbocycles. The molecule has 12 rings (SSSR count). The van der Waals surface area contributed by atoms with Crippen LogP contribution in [0.3, 0.4) is 0 Å². The lowest BCUT2D eigenvalue weighted by Crippen LogP contribution is -2.06. The molecule has 0 aliphatic carbocycles. The zero-order valence-corrected chi connectivity index (χ0v) is 38.2. The van der Waals surface area contributed by atoms with Crippen molar-refractivity contribution in [2.24, 2.45) is 0 Å². The van der Waals surface area contributed by atoms with Gasteiger partial charge in [-0.2, -0.15) is 15.8 Å². The van der Waals surface area contributed by atoms with Crippen LogP contribution in [-0.4, -0.2) is 14.1 Å². The predicted octanol–water partition coefficient (Wildman–Crippen LogP) is 16.3. The highest BCUT2D eigenvalue weighted by Crippen LogP contribution is 2.45. The summed E-state index contributed by atoms with van der Waals surface area (Å²) in [6.07, 6.45) is 3.45. The van der Waals surface area contributed by atoms with Crippen molar-refractivity contribution >= 4 is 55.0 Å². The first kappa shape index (κ1) is 42.5. The number of hydrogen-bond acceptors (Lipinski definition) is 4. The SMILES string of the molecule is [C-]#[N+]c1ccccc1-c1ccc2c3ccc(-c4ccccc4C#N)cc3n(-c3cc(C#N)c(-c4ccncc4)cc3-n3c4cc(-c5ccccc5C#N)ccc4c4ccc(-c5ccccc5[N+]#[C-])cc43)c2c1. The van der Waals surface area contributed by atoms with Gasteiger partial charge in [-0.15, -0.1) is 0 Å². The average Bonchev–Trinajstić information content (AvgIpc) is 3.95. The summed E-state index contributed by atoms with van der Waals surface area (Å²) in [6, 6.07) is 70.7. The number of rotatable bonds is 7. The van der Waals surface area contributed by atoms with E-state index in [0.29, 0.717) is 39.3 Å². The molecule has 8 nitrogen and oxygen atoms in total. The quantitative estimate of drug-likeness (QED) is 0.149. The molecule has 0 saturated heterocycles. The molecule has 0 aliphatic heterocycles. The molecule has 0 saturated carbocycles. The summed E-state index contributed by atoms with van der Waals surface area (Å²) in [6.45, 7) is 16.2. The summed E-state index contributed by atoms with van der Waals surface area (Å²) >= 11 is 0. The Morgan fingerprint density at radius 2 is 0.708 bits per heavy atom. The van der Waals surface area contributed by atoms with E-state index >= 15 is 0 Å². The molecule has 0 spiro atoms. The highest BCUT2D eigenvalue weighted by atomic mass is 15.1. The monoisotopic (exact) mass is 914 g/mol. The van der Waals surface area contributed by atoms with E-state index in [2.05, 4.69) is 121 Å². The predicted molar refractivity (Wildman–Crippen MR) is 287 cm³/mol. The van der Waals surface area contributed by atoms with Crippen molar-refractivity contribution in [1.82, 2.24) is 14.1 Å². The lowest BCUT2D eigenvalue weighted by atomic mass is 9.98. The number of nitrogens with zero attached hydrogens (tertiary/aromatic N) is 8. The molecule has 72 heavy (non-hydrogen) atoms. The van der Waals surface area contributed by atoms with E-state index in [1.807, 2.05) is 115 Å². The second kappa shape index (κ2) is 17.4. The largest absolute Gasteiger partial charge is 0.307 e. The van der Waals surface area contributed by atoms with Crippen molar-refractivity contribution in [2.75, 3.05) is 0 Å². The Hall–Kier alpha value is -10.8. The summed E-state index contributed by atoms with van der Waals surface area (Å²) in [5.74, 6) is 0. The van der Waals surface area contributed by atoms with Gasteiger partial charge in [-0.1, -0.05) is 133 Å². The number of fused-ring (bicyclic) bond motifs is 6. The topological polar surface area (TPSA) is 103 Å². The van der Waals surface area contributed by atoms with Crippen LogP contribution in [0.5, 0.6) is 0 Å². The fourth-order valence-corrected chi connectivity index (χ4v) is 10.3. The first-order chi connectivity index (χ1) is 35.5. The number of para-hydroxylation sites is 2. The summed E-state index contributed by atoms with van der Waals surface area (Å²) in [5, 5.41) is 35.7. The molecule has 0 radical (unpaired) electrons. The van der Waals surface area contributed by atoms with E-state index in [0.717, 1.165) is 99.4 Å². The molecule has 0 unspecified atom stereocenters. The fraction of sp³-hybridized carbons (Fsp3) is 0. The highest BCUT2D eigenvalue weighted by Gasteiger charge is 2.25. The van der Waals surface area contributed by atoms with Crippen molar-refractivity contribution in [3.8, 4) is 85.2 Å². The van der Waals surface area contributed by atoms with Gasteiger partial charge in [-0.25, -0.2) is 9.69 Å². The number of pyridine rings is 1. The Morgan fingerprint density at radius 1 is 0.347 bits per heavy atom. The van der Waals surface area contributed by atoms with Crippen LogP contribution in [0.1, 0.15) is 16.7 Å². The number of benzene rings is 9. The Bertz CT molecular complexity index is 4230. The molecular weight excluding hydrogens is 881 g/mol. The van der Waals surface area contributed by atoms with E-state index in [-0.39, 0.29) is 0 Å². The van der Waals surface area contributed by atoms with Gasteiger partial charge >= 0.3 is 0 Å². The van der Waals surface area contributed by atoms with Crippen LogP contribution in [0.4, 0.5) is 11.4 Å². The minimum atomic E-state index is 0.437. The third-order valence-corrected chi connectivity index (χ3v) is 13.6. The van der Waals surface area contributed by atoms with Crippen molar-refractivity contribution in [3.63, 3.8) is 0 Å². The van der Waals surface area contributed by atoms with Crippen molar-refractivity contribution in [1.29, 1.82) is 15.8 Å². The van der Waals surface area contributed by atoms with Gasteiger partial charge < -0.3 is 9.13 Å². The Kier molecular flexibility index (Phi) is 10.3. The molecule has 3 heterocycles. The highest BCUT2D eigenvalue weighted by molar-refractivity contribution is 6.14. The number of aromatic nitrogens is 3. The third-order valence-electron chi connectivity index (χ3n) is 13.6. The Labute approximate surface area is 414 Å². The minimum Gasteiger partial charge on any atom is -0.307 e. The molecule has 0 fully saturated rings. The van der Waals surface area contributed by atoms with Crippen molar-refractivity contribution in [2.45, 2.75) is 0 Å². The van der Waals surface area contributed by atoms with Gasteiger partial charge in [0.2, 0.25) is 0 Å². The van der Waals surface area contributed by atoms with E-state index in [9.17, 15) is 15.8 Å². The lowest BCUT2D eigenvalue weighted by Gasteiger charge is -2.20. The lowest BCUT2D eigenvalue weighted by molar-refractivity contribution is 1.09. The van der Waals surface area contributed by atoms with Crippen LogP contribution in [-0.2, 0) is 0 Å². The summed E-state index contributed by atoms with van der Waals surface area (Å²) in [7, 11) is 0. The molecule has 0 amide bonds. The van der Waals surface area contributed by atoms with Crippen molar-refractivity contribution < 1.29 is 0 Å². The Morgan fingerprint density at radius 3 is 1.11 bits per heavy atom. The Balaban J connectivity index is 1.27. The van der Waals surface area contributed by atoms with Crippen LogP contribution in [0.2, 0.25) is 0 Å². The van der Waals surface area contributed by atoms with Gasteiger partial charge in [-0.05, 0) is 111 Å². The van der Waals surface area contributed by atoms with Gasteiger partial charge in [0.15, 0.2) is 11.4 Å². The molecule has 12 aromatic rings. The fourth-order valence-electron chi connectivity index (χ4n) is 10.3. The van der Waals surface area contributed by atoms with Crippen LogP contribution >= 0.6 is 0 Å². The van der Waals surface area contributed by atoms with Crippen molar-refractivity contribution in [3.05, 3.63) is 246 Å². The first-order valence-corrected chi connectivity index (χ1v) is 23.1. The maximum atomic E-state index is 11.2. The summed E-state index contributed by atoms with van der Waals surface area (Å²) in [5.41, 5.74) is 15.5. The smallest absolute Gasteiger partial charge is 0.194 e. The summed E-state index contributed by atoms with van der Waals surface area (Å²) < 4.78 is 4.46. The minimum absolute atomic E-state index is 0.437. The van der Waals surface area contributed by atoms with Gasteiger partial charge in [-0.3, -0.25) is 4.98 Å². The molecule has 8 heteroatoms. The number of hydrogen-bond donors (Lipinski definition) is 0. The molecule has 3 aromatic heterocycles. The van der Waals surface area contributed by atoms with E-state index < -0.39 is 0 Å². The second-order valence-corrected chi connectivity index (χ2v) is 17.4. The molecule has 0 bridgehead atoms. The summed E-state index contributed by atoms with van der Waals surface area (Å²) in [4.78, 5) is 12.1. The standard InChI is InChI=1S/C64H34N8/c1-68-57-17-9-7-15-50(57)43-21-25-54-52-23-19-41(48-13-5-3-11-45(48)37-65)31-59(52)71(61(54)33-43)63-35-47(39-67)56(40-27-29-70-30-28-40)36-64(63)72-60-32-42(49-14-6-4-12-46(49)38-66)20-24-53(60)55-26-22-44(34-62(55)72)51-16-8-10-18-58(51)69-2/h3-36H. The third kappa shape index (κ3) is 6.84. The van der Waals surface area contributed by atoms with Crippen LogP contribution < -0.4 is 0 Å². The maximum absolute atomic E-state index is 11.2. The molecular formula is C64H34N8. The number of nitriles is 3. The average molecular weight is 915 g/mol. The van der Waals surface area contributed by atoms with Crippen LogP contribution in [0.15, 0.2) is 207 Å². The normalized spacial score (nSPS) is 11.0. The molecule has 0 N–H and O–H groups in total. The van der Waals surface area contributed by atoms with Crippen LogP contribution in [0.25, 0.3) is 120 Å². The van der Waals surface area contributed by atoms with E-state index in [4.69, 9.17) is 13.1 Å². The van der Waals surface area contributed by atoms with Gasteiger partial charge in [0, 0.05) is 39.5 Å². The van der Waals surface area contributed by atoms with Gasteiger partial charge in [0.05, 0.1) is 81.5 Å². The molecule has 330 valence electrons. The van der Waals surface area contributed by atoms with E-state index in [1.165, 1.54) is 0 Å². The molecule has 0 aliphatic rings. The second-order valence-electron chi connectivity index (χ2n) is 17.4. The van der Waals surface area contributed by atoms with E-state index in [1.54, 1.807) is 12.4 Å². The first-order valence-electron chi connectivity index (χ1n) is 23.1. The molecule has 0 atom stereocenters. The van der Waals surface area contributed by atoms with Gasteiger partial charge in [0.1, 0.15) is 0 Å². The zero-order chi connectivity index (χ0) is 48.9.